The quantitative estimate of drug-likeness (QED) is 0.844. The molecule has 0 saturated heterocycles. The number of amides is 2. The van der Waals surface area contributed by atoms with Crippen molar-refractivity contribution in [3.8, 4) is 0 Å². The molecule has 0 saturated carbocycles. The first-order chi connectivity index (χ1) is 11.0. The predicted octanol–water partition coefficient (Wildman–Crippen LogP) is 3.23. The number of carbonyl (C=O) groups excluding carboxylic acids is 2. The third-order valence-corrected chi connectivity index (χ3v) is 3.86. The smallest absolute Gasteiger partial charge is 0.413 e. The number of anilines is 2. The van der Waals surface area contributed by atoms with Gasteiger partial charge in [0.25, 0.3) is 5.91 Å². The molecule has 2 amide bonds. The van der Waals surface area contributed by atoms with Crippen molar-refractivity contribution >= 4 is 44.4 Å². The largest absolute Gasteiger partial charge is 0.450 e. The summed E-state index contributed by atoms with van der Waals surface area (Å²) in [6.07, 6.45) is -1.05. The van der Waals surface area contributed by atoms with Crippen LogP contribution in [0.1, 0.15) is 20.8 Å². The molecule has 0 spiro atoms. The Morgan fingerprint density at radius 3 is 2.74 bits per heavy atom. The van der Waals surface area contributed by atoms with Crippen LogP contribution < -0.4 is 10.6 Å². The molecule has 2 N–H and O–H groups in total. The lowest BCUT2D eigenvalue weighted by Gasteiger charge is -2.11. The molecule has 1 atom stereocenters. The molecule has 1 heterocycles. The van der Waals surface area contributed by atoms with Crippen LogP contribution in [-0.2, 0) is 14.3 Å². The van der Waals surface area contributed by atoms with Gasteiger partial charge in [-0.25, -0.2) is 9.78 Å². The van der Waals surface area contributed by atoms with Crippen molar-refractivity contribution in [2.45, 2.75) is 26.9 Å². The van der Waals surface area contributed by atoms with Crippen LogP contribution in [0.25, 0.3) is 10.2 Å². The van der Waals surface area contributed by atoms with E-state index >= 15 is 0 Å². The van der Waals surface area contributed by atoms with E-state index in [0.717, 1.165) is 10.2 Å². The minimum atomic E-state index is -0.536. The predicted molar refractivity (Wildman–Crippen MR) is 90.0 cm³/mol. The van der Waals surface area contributed by atoms with Gasteiger partial charge < -0.3 is 14.8 Å². The molecule has 124 valence electrons. The van der Waals surface area contributed by atoms with Crippen molar-refractivity contribution in [3.05, 3.63) is 18.2 Å². The maximum Gasteiger partial charge on any atom is 0.413 e. The number of carbonyl (C=O) groups is 2. The lowest BCUT2D eigenvalue weighted by Crippen LogP contribution is -2.27. The van der Waals surface area contributed by atoms with E-state index in [9.17, 15) is 9.59 Å². The van der Waals surface area contributed by atoms with Crippen molar-refractivity contribution in [2.24, 2.45) is 0 Å². The number of nitrogens with zero attached hydrogens (tertiary/aromatic N) is 1. The Morgan fingerprint density at radius 2 is 2.04 bits per heavy atom. The number of aromatic nitrogens is 1. The molecule has 0 aliphatic heterocycles. The fourth-order valence-electron chi connectivity index (χ4n) is 1.88. The molecule has 7 nitrogen and oxygen atoms in total. The fourth-order valence-corrected chi connectivity index (χ4v) is 2.77. The van der Waals surface area contributed by atoms with Gasteiger partial charge >= 0.3 is 6.09 Å². The third kappa shape index (κ3) is 4.64. The van der Waals surface area contributed by atoms with Crippen molar-refractivity contribution in [1.82, 2.24) is 4.98 Å². The van der Waals surface area contributed by atoms with Gasteiger partial charge in [0.15, 0.2) is 5.13 Å². The van der Waals surface area contributed by atoms with E-state index < -0.39 is 12.2 Å². The van der Waals surface area contributed by atoms with Gasteiger partial charge in [-0.15, -0.1) is 0 Å². The first-order valence-corrected chi connectivity index (χ1v) is 8.12. The van der Waals surface area contributed by atoms with Crippen molar-refractivity contribution in [3.63, 3.8) is 0 Å². The van der Waals surface area contributed by atoms with Gasteiger partial charge in [-0.05, 0) is 39.0 Å². The lowest BCUT2D eigenvalue weighted by atomic mass is 10.3. The molecule has 0 bridgehead atoms. The maximum absolute atomic E-state index is 11.9. The van der Waals surface area contributed by atoms with E-state index in [0.29, 0.717) is 24.0 Å². The van der Waals surface area contributed by atoms with Crippen molar-refractivity contribution in [2.75, 3.05) is 23.8 Å². The zero-order valence-corrected chi connectivity index (χ0v) is 14.0. The van der Waals surface area contributed by atoms with E-state index in [2.05, 4.69) is 15.6 Å². The van der Waals surface area contributed by atoms with Crippen LogP contribution in [0.15, 0.2) is 18.2 Å². The van der Waals surface area contributed by atoms with Crippen LogP contribution in [0.3, 0.4) is 0 Å². The average Bonchev–Trinajstić information content (AvgIpc) is 2.88. The minimum Gasteiger partial charge on any atom is -0.450 e. The summed E-state index contributed by atoms with van der Waals surface area (Å²) in [6, 6.07) is 5.34. The standard InChI is InChI=1S/C15H19N3O4S/c1-4-21-9(3)13(19)16-10-6-7-11-12(8-10)23-14(17-11)18-15(20)22-5-2/h6-9H,4-5H2,1-3H3,(H,16,19)(H,17,18,20). The Balaban J connectivity index is 2.09. The van der Waals surface area contributed by atoms with Gasteiger partial charge in [0.2, 0.25) is 0 Å². The van der Waals surface area contributed by atoms with Gasteiger partial charge in [0.05, 0.1) is 16.8 Å². The lowest BCUT2D eigenvalue weighted by molar-refractivity contribution is -0.126. The number of rotatable bonds is 6. The minimum absolute atomic E-state index is 0.208. The molecule has 0 aliphatic carbocycles. The summed E-state index contributed by atoms with van der Waals surface area (Å²) >= 11 is 1.31. The molecule has 1 unspecified atom stereocenters. The number of benzene rings is 1. The normalized spacial score (nSPS) is 12.0. The number of hydrogen-bond donors (Lipinski definition) is 2. The summed E-state index contributed by atoms with van der Waals surface area (Å²) in [5.74, 6) is -0.208. The summed E-state index contributed by atoms with van der Waals surface area (Å²) in [5, 5.41) is 5.81. The third-order valence-electron chi connectivity index (χ3n) is 2.93. The van der Waals surface area contributed by atoms with Crippen molar-refractivity contribution in [1.29, 1.82) is 0 Å². The van der Waals surface area contributed by atoms with Crippen LogP contribution in [0.4, 0.5) is 15.6 Å². The second kappa shape index (κ2) is 7.89. The molecule has 2 rings (SSSR count). The van der Waals surface area contributed by atoms with E-state index in [-0.39, 0.29) is 5.91 Å². The van der Waals surface area contributed by atoms with Crippen molar-refractivity contribution < 1.29 is 19.1 Å². The van der Waals surface area contributed by atoms with Crippen LogP contribution >= 0.6 is 11.3 Å². The summed E-state index contributed by atoms with van der Waals surface area (Å²) in [6.45, 7) is 6.04. The molecule has 23 heavy (non-hydrogen) atoms. The zero-order valence-electron chi connectivity index (χ0n) is 13.2. The highest BCUT2D eigenvalue weighted by atomic mass is 32.1. The van der Waals surface area contributed by atoms with E-state index in [1.54, 1.807) is 32.0 Å². The summed E-state index contributed by atoms with van der Waals surface area (Å²) in [7, 11) is 0. The molecule has 0 fully saturated rings. The molecule has 1 aromatic carbocycles. The number of thiazole rings is 1. The number of nitrogens with one attached hydrogen (secondary N) is 2. The highest BCUT2D eigenvalue weighted by Gasteiger charge is 2.14. The van der Waals surface area contributed by atoms with Gasteiger partial charge in [-0.2, -0.15) is 0 Å². The number of hydrogen-bond acceptors (Lipinski definition) is 6. The molecular weight excluding hydrogens is 318 g/mol. The van der Waals surface area contributed by atoms with E-state index in [1.807, 2.05) is 6.92 Å². The van der Waals surface area contributed by atoms with Gasteiger partial charge in [0.1, 0.15) is 6.10 Å². The number of fused-ring (bicyclic) bond motifs is 1. The molecule has 8 heteroatoms. The average molecular weight is 337 g/mol. The highest BCUT2D eigenvalue weighted by Crippen LogP contribution is 2.28. The first kappa shape index (κ1) is 17.2. The topological polar surface area (TPSA) is 89.5 Å². The van der Waals surface area contributed by atoms with Crippen LogP contribution in [0, 0.1) is 0 Å². The molecule has 0 aliphatic rings. The molecule has 0 radical (unpaired) electrons. The second-order valence-corrected chi connectivity index (χ2v) is 5.66. The first-order valence-electron chi connectivity index (χ1n) is 7.30. The highest BCUT2D eigenvalue weighted by molar-refractivity contribution is 7.22. The fraction of sp³-hybridized carbons (Fsp3) is 0.400. The monoisotopic (exact) mass is 337 g/mol. The number of ether oxygens (including phenoxy) is 2. The molecule has 2 aromatic rings. The van der Waals surface area contributed by atoms with E-state index in [1.165, 1.54) is 11.3 Å². The Bertz CT molecular complexity index is 701. The van der Waals surface area contributed by atoms with Crippen LogP contribution in [0.2, 0.25) is 0 Å². The summed E-state index contributed by atoms with van der Waals surface area (Å²) in [5.41, 5.74) is 1.39. The second-order valence-electron chi connectivity index (χ2n) is 4.63. The Morgan fingerprint density at radius 1 is 1.26 bits per heavy atom. The molecule has 1 aromatic heterocycles. The molecular formula is C15H19N3O4S. The van der Waals surface area contributed by atoms with Crippen LogP contribution in [-0.4, -0.2) is 36.3 Å². The van der Waals surface area contributed by atoms with Gasteiger partial charge in [-0.3, -0.25) is 10.1 Å². The maximum atomic E-state index is 11.9. The Kier molecular flexibility index (Phi) is 5.89. The Hall–Kier alpha value is -2.19. The van der Waals surface area contributed by atoms with Gasteiger partial charge in [-0.1, -0.05) is 11.3 Å². The van der Waals surface area contributed by atoms with E-state index in [4.69, 9.17) is 9.47 Å². The SMILES string of the molecule is CCOC(=O)Nc1nc2ccc(NC(=O)C(C)OCC)cc2s1. The summed E-state index contributed by atoms with van der Waals surface area (Å²) < 4.78 is 10.9. The van der Waals surface area contributed by atoms with Gasteiger partial charge in [0, 0.05) is 12.3 Å². The van der Waals surface area contributed by atoms with Crippen LogP contribution in [0.5, 0.6) is 0 Å². The zero-order chi connectivity index (χ0) is 16.8. The Labute approximate surface area is 138 Å². The summed E-state index contributed by atoms with van der Waals surface area (Å²) in [4.78, 5) is 27.6.